The Morgan fingerprint density at radius 3 is 3.00 bits per heavy atom. The quantitative estimate of drug-likeness (QED) is 0.798. The van der Waals surface area contributed by atoms with Gasteiger partial charge in [-0.3, -0.25) is 0 Å². The predicted octanol–water partition coefficient (Wildman–Crippen LogP) is 2.14. The van der Waals surface area contributed by atoms with Crippen LogP contribution in [0.15, 0.2) is 5.38 Å². The largest absolute Gasteiger partial charge is 0.314 e. The van der Waals surface area contributed by atoms with Crippen molar-refractivity contribution in [2.45, 2.75) is 38.6 Å². The molecular formula is C10H16N2S. The van der Waals surface area contributed by atoms with Crippen LogP contribution in [-0.4, -0.2) is 17.6 Å². The summed E-state index contributed by atoms with van der Waals surface area (Å²) in [7, 11) is 0. The Kier molecular flexibility index (Phi) is 2.96. The number of aromatic nitrogens is 1. The first-order chi connectivity index (χ1) is 6.34. The molecule has 0 spiro atoms. The molecule has 1 aromatic heterocycles. The van der Waals surface area contributed by atoms with Crippen LogP contribution in [0, 0.1) is 6.92 Å². The van der Waals surface area contributed by atoms with Crippen LogP contribution in [0.2, 0.25) is 0 Å². The SMILES string of the molecule is Cc1csc(CCNC2CCC2)n1. The fourth-order valence-corrected chi connectivity index (χ4v) is 2.29. The number of nitrogens with zero attached hydrogens (tertiary/aromatic N) is 1. The molecule has 3 heteroatoms. The van der Waals surface area contributed by atoms with Gasteiger partial charge in [0.05, 0.1) is 5.01 Å². The van der Waals surface area contributed by atoms with Gasteiger partial charge in [0.1, 0.15) is 0 Å². The summed E-state index contributed by atoms with van der Waals surface area (Å²) < 4.78 is 0. The standard InChI is InChI=1S/C10H16N2S/c1-8-7-13-10(12-8)5-6-11-9-3-2-4-9/h7,9,11H,2-6H2,1H3. The first-order valence-electron chi connectivity index (χ1n) is 4.99. The summed E-state index contributed by atoms with van der Waals surface area (Å²) in [5.41, 5.74) is 1.16. The zero-order valence-electron chi connectivity index (χ0n) is 8.05. The molecule has 1 aromatic rings. The molecule has 1 aliphatic carbocycles. The van der Waals surface area contributed by atoms with Gasteiger partial charge in [0.25, 0.3) is 0 Å². The van der Waals surface area contributed by atoms with Crippen LogP contribution in [0.25, 0.3) is 0 Å². The second-order valence-corrected chi connectivity index (χ2v) is 4.66. The summed E-state index contributed by atoms with van der Waals surface area (Å²) >= 11 is 1.78. The van der Waals surface area contributed by atoms with E-state index in [2.05, 4.69) is 22.6 Å². The molecule has 0 aromatic carbocycles. The van der Waals surface area contributed by atoms with Crippen LogP contribution in [0.3, 0.4) is 0 Å². The maximum absolute atomic E-state index is 4.43. The lowest BCUT2D eigenvalue weighted by molar-refractivity contribution is 0.342. The second-order valence-electron chi connectivity index (χ2n) is 3.71. The fraction of sp³-hybridized carbons (Fsp3) is 0.700. The Bertz CT molecular complexity index is 266. The Labute approximate surface area is 83.4 Å². The average molecular weight is 196 g/mol. The third-order valence-electron chi connectivity index (χ3n) is 2.54. The van der Waals surface area contributed by atoms with Crippen molar-refractivity contribution < 1.29 is 0 Å². The van der Waals surface area contributed by atoms with E-state index in [1.54, 1.807) is 11.3 Å². The Balaban J connectivity index is 1.67. The lowest BCUT2D eigenvalue weighted by atomic mass is 9.93. The molecule has 0 atom stereocenters. The van der Waals surface area contributed by atoms with E-state index in [1.165, 1.54) is 24.3 Å². The molecule has 13 heavy (non-hydrogen) atoms. The van der Waals surface area contributed by atoms with Crippen LogP contribution in [0.1, 0.15) is 30.0 Å². The number of aryl methyl sites for hydroxylation is 1. The predicted molar refractivity (Wildman–Crippen MR) is 56.2 cm³/mol. The van der Waals surface area contributed by atoms with E-state index in [-0.39, 0.29) is 0 Å². The lowest BCUT2D eigenvalue weighted by Crippen LogP contribution is -2.36. The highest BCUT2D eigenvalue weighted by Gasteiger charge is 2.15. The van der Waals surface area contributed by atoms with E-state index < -0.39 is 0 Å². The number of rotatable bonds is 4. The molecule has 1 fully saturated rings. The highest BCUT2D eigenvalue weighted by atomic mass is 32.1. The van der Waals surface area contributed by atoms with E-state index in [9.17, 15) is 0 Å². The molecule has 1 saturated carbocycles. The topological polar surface area (TPSA) is 24.9 Å². The summed E-state index contributed by atoms with van der Waals surface area (Å²) in [6, 6.07) is 0.807. The van der Waals surface area contributed by atoms with Gasteiger partial charge in [0, 0.05) is 30.1 Å². The van der Waals surface area contributed by atoms with E-state index >= 15 is 0 Å². The van der Waals surface area contributed by atoms with Crippen molar-refractivity contribution in [3.8, 4) is 0 Å². The maximum Gasteiger partial charge on any atom is 0.0940 e. The summed E-state index contributed by atoms with van der Waals surface area (Å²) in [5, 5.41) is 6.94. The monoisotopic (exact) mass is 196 g/mol. The smallest absolute Gasteiger partial charge is 0.0940 e. The van der Waals surface area contributed by atoms with Gasteiger partial charge in [-0.1, -0.05) is 6.42 Å². The highest BCUT2D eigenvalue weighted by Crippen LogP contribution is 2.18. The molecule has 0 bridgehead atoms. The number of hydrogen-bond donors (Lipinski definition) is 1. The normalized spacial score (nSPS) is 17.3. The lowest BCUT2D eigenvalue weighted by Gasteiger charge is -2.26. The molecule has 1 aliphatic rings. The third-order valence-corrected chi connectivity index (χ3v) is 3.57. The van der Waals surface area contributed by atoms with Gasteiger partial charge >= 0.3 is 0 Å². The number of hydrogen-bond acceptors (Lipinski definition) is 3. The maximum atomic E-state index is 4.43. The molecule has 2 rings (SSSR count). The van der Waals surface area contributed by atoms with Crippen molar-refractivity contribution in [2.75, 3.05) is 6.54 Å². The van der Waals surface area contributed by atoms with E-state index in [4.69, 9.17) is 0 Å². The molecule has 0 unspecified atom stereocenters. The minimum Gasteiger partial charge on any atom is -0.314 e. The van der Waals surface area contributed by atoms with Crippen molar-refractivity contribution in [3.05, 3.63) is 16.1 Å². The number of nitrogens with one attached hydrogen (secondary N) is 1. The molecule has 0 saturated heterocycles. The van der Waals surface area contributed by atoms with Gasteiger partial charge in [0.15, 0.2) is 0 Å². The average Bonchev–Trinajstić information content (AvgIpc) is 2.42. The van der Waals surface area contributed by atoms with Crippen molar-refractivity contribution in [1.29, 1.82) is 0 Å². The van der Waals surface area contributed by atoms with Crippen LogP contribution < -0.4 is 5.32 Å². The Hall–Kier alpha value is -0.410. The zero-order valence-corrected chi connectivity index (χ0v) is 8.86. The van der Waals surface area contributed by atoms with Crippen LogP contribution >= 0.6 is 11.3 Å². The van der Waals surface area contributed by atoms with Gasteiger partial charge in [-0.25, -0.2) is 4.98 Å². The van der Waals surface area contributed by atoms with E-state index in [1.807, 2.05) is 0 Å². The van der Waals surface area contributed by atoms with E-state index in [0.29, 0.717) is 0 Å². The second kappa shape index (κ2) is 4.20. The summed E-state index contributed by atoms with van der Waals surface area (Å²) in [5.74, 6) is 0. The number of thiazole rings is 1. The van der Waals surface area contributed by atoms with Gasteiger partial charge in [-0.05, 0) is 19.8 Å². The summed E-state index contributed by atoms with van der Waals surface area (Å²) in [6.07, 6.45) is 5.25. The summed E-state index contributed by atoms with van der Waals surface area (Å²) in [4.78, 5) is 4.43. The molecule has 72 valence electrons. The Morgan fingerprint density at radius 1 is 1.62 bits per heavy atom. The summed E-state index contributed by atoms with van der Waals surface area (Å²) in [6.45, 7) is 3.15. The Morgan fingerprint density at radius 2 is 2.46 bits per heavy atom. The van der Waals surface area contributed by atoms with Gasteiger partial charge in [-0.15, -0.1) is 11.3 Å². The van der Waals surface area contributed by atoms with Gasteiger partial charge in [0.2, 0.25) is 0 Å². The van der Waals surface area contributed by atoms with Crippen molar-refractivity contribution in [2.24, 2.45) is 0 Å². The van der Waals surface area contributed by atoms with Gasteiger partial charge < -0.3 is 5.32 Å². The highest BCUT2D eigenvalue weighted by molar-refractivity contribution is 7.09. The third kappa shape index (κ3) is 2.51. The molecule has 0 radical (unpaired) electrons. The van der Waals surface area contributed by atoms with Crippen molar-refractivity contribution in [1.82, 2.24) is 10.3 Å². The van der Waals surface area contributed by atoms with Crippen LogP contribution in [0.5, 0.6) is 0 Å². The fourth-order valence-electron chi connectivity index (χ4n) is 1.51. The minimum atomic E-state index is 0.807. The zero-order chi connectivity index (χ0) is 9.10. The molecule has 0 amide bonds. The van der Waals surface area contributed by atoms with Crippen LogP contribution in [-0.2, 0) is 6.42 Å². The molecule has 0 aliphatic heterocycles. The van der Waals surface area contributed by atoms with Crippen molar-refractivity contribution >= 4 is 11.3 Å². The van der Waals surface area contributed by atoms with Crippen molar-refractivity contribution in [3.63, 3.8) is 0 Å². The first kappa shape index (κ1) is 9.16. The van der Waals surface area contributed by atoms with Crippen LogP contribution in [0.4, 0.5) is 0 Å². The molecule has 1 N–H and O–H groups in total. The van der Waals surface area contributed by atoms with E-state index in [0.717, 1.165) is 24.7 Å². The molecular weight excluding hydrogens is 180 g/mol. The molecule has 2 nitrogen and oxygen atoms in total. The minimum absolute atomic E-state index is 0.807. The van der Waals surface area contributed by atoms with Gasteiger partial charge in [-0.2, -0.15) is 0 Å². The first-order valence-corrected chi connectivity index (χ1v) is 5.87. The molecule has 1 heterocycles.